The SMILES string of the molecule is CCOC(=O)N1CCN(c2ccc(CO)cc2Br)CC1. The number of ether oxygens (including phenoxy) is 1. The Balaban J connectivity index is 1.98. The van der Waals surface area contributed by atoms with Crippen LogP contribution in [0.5, 0.6) is 0 Å². The van der Waals surface area contributed by atoms with E-state index in [2.05, 4.69) is 20.8 Å². The van der Waals surface area contributed by atoms with E-state index < -0.39 is 0 Å². The second-order valence-corrected chi connectivity index (χ2v) is 5.47. The van der Waals surface area contributed by atoms with Crippen LogP contribution in [0.4, 0.5) is 10.5 Å². The fraction of sp³-hybridized carbons (Fsp3) is 0.500. The molecule has 1 aliphatic heterocycles. The van der Waals surface area contributed by atoms with E-state index in [4.69, 9.17) is 9.84 Å². The molecule has 1 aromatic rings. The van der Waals surface area contributed by atoms with E-state index in [1.54, 1.807) is 4.90 Å². The summed E-state index contributed by atoms with van der Waals surface area (Å²) < 4.78 is 5.97. The summed E-state index contributed by atoms with van der Waals surface area (Å²) in [6.45, 7) is 5.13. The van der Waals surface area contributed by atoms with Gasteiger partial charge in [0, 0.05) is 30.7 Å². The number of piperazine rings is 1. The van der Waals surface area contributed by atoms with Crippen molar-refractivity contribution in [1.82, 2.24) is 4.90 Å². The minimum Gasteiger partial charge on any atom is -0.450 e. The Morgan fingerprint density at radius 2 is 2.05 bits per heavy atom. The zero-order chi connectivity index (χ0) is 14.5. The lowest BCUT2D eigenvalue weighted by molar-refractivity contribution is 0.105. The summed E-state index contributed by atoms with van der Waals surface area (Å²) in [5.41, 5.74) is 1.97. The van der Waals surface area contributed by atoms with Gasteiger partial charge in [-0.2, -0.15) is 0 Å². The first-order valence-corrected chi connectivity index (χ1v) is 7.51. The van der Waals surface area contributed by atoms with E-state index in [-0.39, 0.29) is 12.7 Å². The lowest BCUT2D eigenvalue weighted by atomic mass is 10.2. The van der Waals surface area contributed by atoms with Crippen LogP contribution >= 0.6 is 15.9 Å². The second kappa shape index (κ2) is 6.95. The van der Waals surface area contributed by atoms with Crippen LogP contribution in [0.1, 0.15) is 12.5 Å². The molecule has 110 valence electrons. The molecule has 1 aliphatic rings. The van der Waals surface area contributed by atoms with Crippen LogP contribution in [-0.2, 0) is 11.3 Å². The molecule has 1 fully saturated rings. The molecule has 20 heavy (non-hydrogen) atoms. The Bertz CT molecular complexity index is 473. The highest BCUT2D eigenvalue weighted by molar-refractivity contribution is 9.10. The first-order valence-electron chi connectivity index (χ1n) is 6.71. The number of aliphatic hydroxyl groups excluding tert-OH is 1. The Hall–Kier alpha value is -1.27. The van der Waals surface area contributed by atoms with Crippen LogP contribution in [-0.4, -0.2) is 48.9 Å². The van der Waals surface area contributed by atoms with Crippen LogP contribution in [0.15, 0.2) is 22.7 Å². The number of carbonyl (C=O) groups excluding carboxylic acids is 1. The third-order valence-electron chi connectivity index (χ3n) is 3.34. The lowest BCUT2D eigenvalue weighted by Crippen LogP contribution is -2.49. The van der Waals surface area contributed by atoms with E-state index in [1.807, 2.05) is 25.1 Å². The van der Waals surface area contributed by atoms with E-state index in [9.17, 15) is 4.79 Å². The van der Waals surface area contributed by atoms with Gasteiger partial charge in [-0.15, -0.1) is 0 Å². The molecule has 0 saturated carbocycles. The number of aliphatic hydroxyl groups is 1. The van der Waals surface area contributed by atoms with Gasteiger partial charge in [-0.25, -0.2) is 4.79 Å². The molecule has 0 spiro atoms. The van der Waals surface area contributed by atoms with Crippen molar-refractivity contribution < 1.29 is 14.6 Å². The molecule has 1 N–H and O–H groups in total. The van der Waals surface area contributed by atoms with E-state index in [1.165, 1.54) is 0 Å². The molecule has 1 amide bonds. The van der Waals surface area contributed by atoms with Crippen LogP contribution in [0, 0.1) is 0 Å². The van der Waals surface area contributed by atoms with Gasteiger partial charge in [-0.1, -0.05) is 6.07 Å². The van der Waals surface area contributed by atoms with Gasteiger partial charge in [0.25, 0.3) is 0 Å². The van der Waals surface area contributed by atoms with Gasteiger partial charge in [0.2, 0.25) is 0 Å². The van der Waals surface area contributed by atoms with Gasteiger partial charge >= 0.3 is 6.09 Å². The molecule has 0 radical (unpaired) electrons. The molecule has 0 unspecified atom stereocenters. The third kappa shape index (κ3) is 3.43. The number of hydrogen-bond donors (Lipinski definition) is 1. The smallest absolute Gasteiger partial charge is 0.409 e. The van der Waals surface area contributed by atoms with E-state index in [0.29, 0.717) is 19.7 Å². The largest absolute Gasteiger partial charge is 0.450 e. The van der Waals surface area contributed by atoms with Gasteiger partial charge in [0.15, 0.2) is 0 Å². The number of halogens is 1. The monoisotopic (exact) mass is 342 g/mol. The molecule has 0 aliphatic carbocycles. The maximum absolute atomic E-state index is 11.6. The number of amides is 1. The lowest BCUT2D eigenvalue weighted by Gasteiger charge is -2.36. The van der Waals surface area contributed by atoms with Gasteiger partial charge in [0.05, 0.1) is 18.9 Å². The quantitative estimate of drug-likeness (QED) is 0.914. The number of nitrogens with zero attached hydrogens (tertiary/aromatic N) is 2. The predicted molar refractivity (Wildman–Crippen MR) is 80.9 cm³/mol. The molecule has 1 aromatic carbocycles. The molecule has 1 heterocycles. The van der Waals surface area contributed by atoms with E-state index in [0.717, 1.165) is 28.8 Å². The average Bonchev–Trinajstić information content (AvgIpc) is 2.47. The molecule has 5 nitrogen and oxygen atoms in total. The highest BCUT2D eigenvalue weighted by atomic mass is 79.9. The van der Waals surface area contributed by atoms with Crippen molar-refractivity contribution in [1.29, 1.82) is 0 Å². The highest BCUT2D eigenvalue weighted by Crippen LogP contribution is 2.28. The van der Waals surface area contributed by atoms with Crippen molar-refractivity contribution in [2.45, 2.75) is 13.5 Å². The van der Waals surface area contributed by atoms with Crippen molar-refractivity contribution in [3.05, 3.63) is 28.2 Å². The third-order valence-corrected chi connectivity index (χ3v) is 3.98. The van der Waals surface area contributed by atoms with Crippen molar-refractivity contribution in [3.8, 4) is 0 Å². The first kappa shape index (κ1) is 15.1. The number of carbonyl (C=O) groups is 1. The summed E-state index contributed by atoms with van der Waals surface area (Å²) in [5.74, 6) is 0. The molecule has 1 saturated heterocycles. The van der Waals surface area contributed by atoms with Crippen LogP contribution in [0.3, 0.4) is 0 Å². The molecule has 0 atom stereocenters. The van der Waals surface area contributed by atoms with Crippen molar-refractivity contribution in [3.63, 3.8) is 0 Å². The summed E-state index contributed by atoms with van der Waals surface area (Å²) in [4.78, 5) is 15.6. The van der Waals surface area contributed by atoms with Crippen molar-refractivity contribution in [2.24, 2.45) is 0 Å². The molecule has 0 bridgehead atoms. The van der Waals surface area contributed by atoms with Gasteiger partial charge in [-0.05, 0) is 40.5 Å². The summed E-state index contributed by atoms with van der Waals surface area (Å²) >= 11 is 3.53. The fourth-order valence-electron chi connectivity index (χ4n) is 2.25. The molecular formula is C14H19BrN2O3. The minimum absolute atomic E-state index is 0.0372. The molecule has 2 rings (SSSR count). The first-order chi connectivity index (χ1) is 9.65. The normalized spacial score (nSPS) is 15.3. The summed E-state index contributed by atoms with van der Waals surface area (Å²) in [7, 11) is 0. The maximum atomic E-state index is 11.6. The van der Waals surface area contributed by atoms with Crippen LogP contribution in [0.25, 0.3) is 0 Å². The van der Waals surface area contributed by atoms with Gasteiger partial charge in [0.1, 0.15) is 0 Å². The van der Waals surface area contributed by atoms with Crippen LogP contribution < -0.4 is 4.90 Å². The summed E-state index contributed by atoms with van der Waals surface area (Å²) in [6, 6.07) is 5.83. The average molecular weight is 343 g/mol. The standard InChI is InChI=1S/C14H19BrN2O3/c1-2-20-14(19)17-7-5-16(6-8-17)13-4-3-11(10-18)9-12(13)15/h3-4,9,18H,2,5-8,10H2,1H3. The van der Waals surface area contributed by atoms with Gasteiger partial charge < -0.3 is 19.6 Å². The summed E-state index contributed by atoms with van der Waals surface area (Å²) in [5, 5.41) is 9.12. The van der Waals surface area contributed by atoms with Gasteiger partial charge in [-0.3, -0.25) is 0 Å². The molecular weight excluding hydrogens is 324 g/mol. The highest BCUT2D eigenvalue weighted by Gasteiger charge is 2.22. The van der Waals surface area contributed by atoms with E-state index >= 15 is 0 Å². The number of rotatable bonds is 3. The fourth-order valence-corrected chi connectivity index (χ4v) is 2.93. The van der Waals surface area contributed by atoms with Crippen molar-refractivity contribution in [2.75, 3.05) is 37.7 Å². The molecule has 0 aromatic heterocycles. The summed E-state index contributed by atoms with van der Waals surface area (Å²) in [6.07, 6.45) is -0.234. The maximum Gasteiger partial charge on any atom is 0.409 e. The predicted octanol–water partition coefficient (Wildman–Crippen LogP) is 2.22. The number of benzene rings is 1. The Kier molecular flexibility index (Phi) is 5.25. The Morgan fingerprint density at radius 3 is 2.60 bits per heavy atom. The Labute approximate surface area is 127 Å². The molecule has 6 heteroatoms. The topological polar surface area (TPSA) is 53.0 Å². The zero-order valence-electron chi connectivity index (χ0n) is 11.5. The zero-order valence-corrected chi connectivity index (χ0v) is 13.1. The Morgan fingerprint density at radius 1 is 1.35 bits per heavy atom. The van der Waals surface area contributed by atoms with Crippen LogP contribution in [0.2, 0.25) is 0 Å². The second-order valence-electron chi connectivity index (χ2n) is 4.62. The minimum atomic E-state index is -0.234. The number of anilines is 1. The number of hydrogen-bond acceptors (Lipinski definition) is 4. The van der Waals surface area contributed by atoms with Crippen molar-refractivity contribution >= 4 is 27.7 Å².